The van der Waals surface area contributed by atoms with Crippen LogP contribution < -0.4 is 10.6 Å². The molecule has 1 atom stereocenters. The van der Waals surface area contributed by atoms with Crippen LogP contribution in [0, 0.1) is 6.92 Å². The van der Waals surface area contributed by atoms with Crippen LogP contribution in [0.4, 0.5) is 10.9 Å². The Morgan fingerprint density at radius 1 is 1.48 bits per heavy atom. The Balaban J connectivity index is 1.74. The molecule has 0 aliphatic carbocycles. The third kappa shape index (κ3) is 4.87. The highest BCUT2D eigenvalue weighted by atomic mass is 32.2. The summed E-state index contributed by atoms with van der Waals surface area (Å²) in [5.41, 5.74) is 0. The average molecular weight is 326 g/mol. The van der Waals surface area contributed by atoms with E-state index in [2.05, 4.69) is 20.8 Å². The normalized spacial score (nSPS) is 11.9. The van der Waals surface area contributed by atoms with E-state index in [1.807, 2.05) is 0 Å². The van der Waals surface area contributed by atoms with Crippen molar-refractivity contribution in [1.29, 1.82) is 0 Å². The Morgan fingerprint density at radius 2 is 2.29 bits per heavy atom. The number of carbonyl (C=O) groups is 2. The van der Waals surface area contributed by atoms with Crippen LogP contribution in [-0.2, 0) is 9.59 Å². The van der Waals surface area contributed by atoms with Gasteiger partial charge in [0, 0.05) is 17.6 Å². The summed E-state index contributed by atoms with van der Waals surface area (Å²) in [6.45, 7) is 3.47. The lowest BCUT2D eigenvalue weighted by atomic mass is 10.4. The van der Waals surface area contributed by atoms with Gasteiger partial charge < -0.3 is 15.2 Å². The lowest BCUT2D eigenvalue weighted by molar-refractivity contribution is -0.115. The number of nitrogens with one attached hydrogen (secondary N) is 2. The molecule has 2 aromatic heterocycles. The molecule has 0 fully saturated rings. The summed E-state index contributed by atoms with van der Waals surface area (Å²) in [7, 11) is 0. The molecule has 21 heavy (non-hydrogen) atoms. The minimum atomic E-state index is -0.385. The van der Waals surface area contributed by atoms with Crippen molar-refractivity contribution in [2.75, 3.05) is 16.4 Å². The van der Waals surface area contributed by atoms with Gasteiger partial charge in [-0.05, 0) is 13.8 Å². The molecule has 0 aromatic carbocycles. The number of aromatic nitrogens is 2. The molecular weight excluding hydrogens is 312 g/mol. The highest BCUT2D eigenvalue weighted by Gasteiger charge is 2.17. The zero-order chi connectivity index (χ0) is 15.2. The van der Waals surface area contributed by atoms with Crippen molar-refractivity contribution in [2.24, 2.45) is 0 Å². The molecule has 0 bridgehead atoms. The number of thioether (sulfide) groups is 1. The first-order chi connectivity index (χ1) is 10.0. The van der Waals surface area contributed by atoms with Gasteiger partial charge in [-0.25, -0.2) is 4.98 Å². The average Bonchev–Trinajstić information content (AvgIpc) is 3.08. The van der Waals surface area contributed by atoms with Crippen LogP contribution in [-0.4, -0.2) is 33.0 Å². The Kier molecular flexibility index (Phi) is 5.34. The van der Waals surface area contributed by atoms with Gasteiger partial charge in [-0.15, -0.1) is 23.1 Å². The number of hydrogen-bond acceptors (Lipinski definition) is 7. The summed E-state index contributed by atoms with van der Waals surface area (Å²) in [5, 5.41) is 10.9. The molecule has 2 N–H and O–H groups in total. The molecule has 2 heterocycles. The summed E-state index contributed by atoms with van der Waals surface area (Å²) in [6.07, 6.45) is 1.61. The predicted molar refractivity (Wildman–Crippen MR) is 82.5 cm³/mol. The second-order valence-corrected chi connectivity index (χ2v) is 6.37. The van der Waals surface area contributed by atoms with E-state index in [4.69, 9.17) is 4.52 Å². The molecule has 1 unspecified atom stereocenters. The number of thiazole rings is 1. The largest absolute Gasteiger partial charge is 0.360 e. The number of amides is 2. The van der Waals surface area contributed by atoms with Gasteiger partial charge in [0.2, 0.25) is 11.8 Å². The Morgan fingerprint density at radius 3 is 2.90 bits per heavy atom. The summed E-state index contributed by atoms with van der Waals surface area (Å²) in [4.78, 5) is 27.5. The Labute approximate surface area is 129 Å². The SMILES string of the molecule is Cc1cc(NC(=O)C(C)SCC(=O)Nc2nccs2)no1. The lowest BCUT2D eigenvalue weighted by Gasteiger charge is -2.09. The number of rotatable bonds is 6. The molecule has 9 heteroatoms. The number of hydrogen-bond donors (Lipinski definition) is 2. The van der Waals surface area contributed by atoms with Crippen LogP contribution in [0.25, 0.3) is 0 Å². The van der Waals surface area contributed by atoms with E-state index >= 15 is 0 Å². The molecule has 0 saturated heterocycles. The number of aryl methyl sites for hydroxylation is 1. The lowest BCUT2D eigenvalue weighted by Crippen LogP contribution is -2.25. The summed E-state index contributed by atoms with van der Waals surface area (Å²) < 4.78 is 4.86. The van der Waals surface area contributed by atoms with Crippen LogP contribution >= 0.6 is 23.1 Å². The van der Waals surface area contributed by atoms with E-state index < -0.39 is 0 Å². The third-order valence-electron chi connectivity index (χ3n) is 2.39. The summed E-state index contributed by atoms with van der Waals surface area (Å²) in [5.74, 6) is 0.749. The summed E-state index contributed by atoms with van der Waals surface area (Å²) in [6, 6.07) is 1.63. The van der Waals surface area contributed by atoms with Crippen molar-refractivity contribution < 1.29 is 14.1 Å². The maximum atomic E-state index is 11.9. The zero-order valence-corrected chi connectivity index (χ0v) is 13.1. The van der Waals surface area contributed by atoms with Gasteiger partial charge in [0.05, 0.1) is 11.0 Å². The number of carbonyl (C=O) groups excluding carboxylic acids is 2. The van der Waals surface area contributed by atoms with Crippen molar-refractivity contribution in [3.63, 3.8) is 0 Å². The second kappa shape index (κ2) is 7.23. The highest BCUT2D eigenvalue weighted by Crippen LogP contribution is 2.16. The quantitative estimate of drug-likeness (QED) is 0.844. The van der Waals surface area contributed by atoms with E-state index in [1.54, 1.807) is 31.5 Å². The zero-order valence-electron chi connectivity index (χ0n) is 11.5. The third-order valence-corrected chi connectivity index (χ3v) is 4.22. The first-order valence-electron chi connectivity index (χ1n) is 6.09. The van der Waals surface area contributed by atoms with Crippen LogP contribution in [0.1, 0.15) is 12.7 Å². The molecule has 0 aliphatic heterocycles. The smallest absolute Gasteiger partial charge is 0.238 e. The maximum Gasteiger partial charge on any atom is 0.238 e. The van der Waals surface area contributed by atoms with Crippen molar-refractivity contribution >= 4 is 45.9 Å². The molecule has 2 aromatic rings. The fourth-order valence-corrected chi connectivity index (χ4v) is 2.60. The van der Waals surface area contributed by atoms with Crippen molar-refractivity contribution in [1.82, 2.24) is 10.1 Å². The van der Waals surface area contributed by atoms with Crippen LogP contribution in [0.5, 0.6) is 0 Å². The molecule has 2 rings (SSSR count). The van der Waals surface area contributed by atoms with Gasteiger partial charge in [0.15, 0.2) is 10.9 Å². The van der Waals surface area contributed by atoms with Crippen LogP contribution in [0.2, 0.25) is 0 Å². The van der Waals surface area contributed by atoms with Gasteiger partial charge in [0.25, 0.3) is 0 Å². The second-order valence-electron chi connectivity index (χ2n) is 4.15. The van der Waals surface area contributed by atoms with Gasteiger partial charge in [-0.2, -0.15) is 0 Å². The highest BCUT2D eigenvalue weighted by molar-refractivity contribution is 8.01. The summed E-state index contributed by atoms with van der Waals surface area (Å²) >= 11 is 2.58. The standard InChI is InChI=1S/C12H14N4O3S2/c1-7-5-9(16-19-7)14-11(18)8(2)21-6-10(17)15-12-13-3-4-20-12/h3-5,8H,6H2,1-2H3,(H,13,15,17)(H,14,16,18). The number of anilines is 2. The van der Waals surface area contributed by atoms with Crippen molar-refractivity contribution in [3.8, 4) is 0 Å². The molecule has 0 saturated carbocycles. The molecule has 0 aliphatic rings. The van der Waals surface area contributed by atoms with Gasteiger partial charge in [0.1, 0.15) is 5.76 Å². The van der Waals surface area contributed by atoms with E-state index in [0.29, 0.717) is 16.7 Å². The van der Waals surface area contributed by atoms with Gasteiger partial charge >= 0.3 is 0 Å². The first kappa shape index (κ1) is 15.5. The van der Waals surface area contributed by atoms with E-state index in [-0.39, 0.29) is 22.8 Å². The molecule has 2 amide bonds. The molecule has 0 radical (unpaired) electrons. The van der Waals surface area contributed by atoms with Crippen LogP contribution in [0.3, 0.4) is 0 Å². The topological polar surface area (TPSA) is 97.1 Å². The minimum Gasteiger partial charge on any atom is -0.360 e. The van der Waals surface area contributed by atoms with Crippen molar-refractivity contribution in [3.05, 3.63) is 23.4 Å². The molecule has 0 spiro atoms. The van der Waals surface area contributed by atoms with Crippen LogP contribution in [0.15, 0.2) is 22.2 Å². The first-order valence-corrected chi connectivity index (χ1v) is 8.02. The number of nitrogens with zero attached hydrogens (tertiary/aromatic N) is 2. The predicted octanol–water partition coefficient (Wildman–Crippen LogP) is 2.14. The molecule has 7 nitrogen and oxygen atoms in total. The van der Waals surface area contributed by atoms with Gasteiger partial charge in [-0.3, -0.25) is 9.59 Å². The van der Waals surface area contributed by atoms with E-state index in [1.165, 1.54) is 23.1 Å². The molecule has 112 valence electrons. The minimum absolute atomic E-state index is 0.173. The molecular formula is C12H14N4O3S2. The monoisotopic (exact) mass is 326 g/mol. The Bertz CT molecular complexity index is 612. The van der Waals surface area contributed by atoms with E-state index in [0.717, 1.165) is 0 Å². The fraction of sp³-hybridized carbons (Fsp3) is 0.333. The van der Waals surface area contributed by atoms with Gasteiger partial charge in [-0.1, -0.05) is 5.16 Å². The van der Waals surface area contributed by atoms with E-state index in [9.17, 15) is 9.59 Å². The van der Waals surface area contributed by atoms with Crippen molar-refractivity contribution in [2.45, 2.75) is 19.1 Å². The fourth-order valence-electron chi connectivity index (χ4n) is 1.37. The maximum absolute atomic E-state index is 11.9. The Hall–Kier alpha value is -1.87.